The van der Waals surface area contributed by atoms with Gasteiger partial charge in [0, 0.05) is 16.7 Å². The number of carbonyl (C=O) groups excluding carboxylic acids is 6. The van der Waals surface area contributed by atoms with Gasteiger partial charge in [-0.3, -0.25) is 14.4 Å². The second kappa shape index (κ2) is 17.1. The molecule has 0 radical (unpaired) electrons. The maximum absolute atomic E-state index is 13.3. The summed E-state index contributed by atoms with van der Waals surface area (Å²) in [5, 5.41) is 7.83. The number of hydrogen-bond donors (Lipinski definition) is 3. The van der Waals surface area contributed by atoms with E-state index in [0.29, 0.717) is 0 Å². The molecule has 3 N–H and O–H groups in total. The second-order valence-electron chi connectivity index (χ2n) is 11.3. The molecule has 0 saturated heterocycles. The van der Waals surface area contributed by atoms with Crippen molar-refractivity contribution in [2.45, 2.75) is 78.9 Å². The van der Waals surface area contributed by atoms with E-state index >= 15 is 0 Å². The van der Waals surface area contributed by atoms with Crippen molar-refractivity contribution in [3.8, 4) is 0 Å². The Balaban J connectivity index is 3.56. The Labute approximate surface area is 247 Å². The van der Waals surface area contributed by atoms with Gasteiger partial charge in [0.15, 0.2) is 0 Å². The van der Waals surface area contributed by atoms with E-state index in [1.807, 2.05) is 41.5 Å². The summed E-state index contributed by atoms with van der Waals surface area (Å²) in [6.07, 6.45) is 0.869. The second-order valence-corrected chi connectivity index (χ2v) is 11.3. The van der Waals surface area contributed by atoms with Crippen molar-refractivity contribution >= 4 is 35.6 Å². The molecule has 3 atom stereocenters. The fraction of sp³-hybridized carbons (Fsp3) is 0.600. The summed E-state index contributed by atoms with van der Waals surface area (Å²) in [6, 6.07) is 0.841. The topological polar surface area (TPSA) is 166 Å². The van der Waals surface area contributed by atoms with Gasteiger partial charge in [-0.2, -0.15) is 0 Å². The molecule has 12 nitrogen and oxygen atoms in total. The van der Waals surface area contributed by atoms with Gasteiger partial charge in [0.2, 0.25) is 0 Å². The SMILES string of the molecule is COC(=O)[C@H](CC(C)C)NC(=O)c1cc(C(=O)N[C@@H](CC(C)C)C(=O)OC)cc(C(=O)N[C@@H](CC(C)C)C(=O)OC)c1. The monoisotopic (exact) mass is 591 g/mol. The number of amides is 3. The number of nitrogens with one attached hydrogen (secondary N) is 3. The van der Waals surface area contributed by atoms with E-state index < -0.39 is 53.8 Å². The lowest BCUT2D eigenvalue weighted by Gasteiger charge is -2.21. The minimum Gasteiger partial charge on any atom is -0.467 e. The van der Waals surface area contributed by atoms with Crippen LogP contribution in [0, 0.1) is 17.8 Å². The van der Waals surface area contributed by atoms with Crippen LogP contribution in [0.2, 0.25) is 0 Å². The fourth-order valence-corrected chi connectivity index (χ4v) is 4.23. The maximum Gasteiger partial charge on any atom is 0.328 e. The summed E-state index contributed by atoms with van der Waals surface area (Å²) in [5.41, 5.74) is -0.285. The zero-order chi connectivity index (χ0) is 32.1. The van der Waals surface area contributed by atoms with Crippen LogP contribution in [0.3, 0.4) is 0 Å². The van der Waals surface area contributed by atoms with E-state index in [-0.39, 0.29) is 53.7 Å². The van der Waals surface area contributed by atoms with E-state index in [0.717, 1.165) is 0 Å². The van der Waals surface area contributed by atoms with Crippen LogP contribution in [0.4, 0.5) is 0 Å². The quantitative estimate of drug-likeness (QED) is 0.205. The van der Waals surface area contributed by atoms with Crippen LogP contribution in [0.1, 0.15) is 91.9 Å². The van der Waals surface area contributed by atoms with Gasteiger partial charge < -0.3 is 30.2 Å². The largest absolute Gasteiger partial charge is 0.467 e. The molecule has 42 heavy (non-hydrogen) atoms. The molecule has 0 bridgehead atoms. The molecule has 0 heterocycles. The molecule has 0 fully saturated rings. The third-order valence-corrected chi connectivity index (χ3v) is 6.21. The number of esters is 3. The van der Waals surface area contributed by atoms with Crippen molar-refractivity contribution < 1.29 is 43.0 Å². The van der Waals surface area contributed by atoms with E-state index in [2.05, 4.69) is 16.0 Å². The Morgan fingerprint density at radius 2 is 0.714 bits per heavy atom. The van der Waals surface area contributed by atoms with E-state index in [1.54, 1.807) is 0 Å². The number of rotatable bonds is 15. The van der Waals surface area contributed by atoms with Gasteiger partial charge in [-0.05, 0) is 55.2 Å². The van der Waals surface area contributed by atoms with Crippen LogP contribution in [0.5, 0.6) is 0 Å². The van der Waals surface area contributed by atoms with Gasteiger partial charge in [0.25, 0.3) is 17.7 Å². The van der Waals surface area contributed by atoms with Crippen LogP contribution in [-0.4, -0.2) is 75.1 Å². The highest BCUT2D eigenvalue weighted by Crippen LogP contribution is 2.16. The van der Waals surface area contributed by atoms with Crippen LogP contribution < -0.4 is 16.0 Å². The van der Waals surface area contributed by atoms with Gasteiger partial charge in [-0.15, -0.1) is 0 Å². The highest BCUT2D eigenvalue weighted by Gasteiger charge is 2.28. The van der Waals surface area contributed by atoms with E-state index in [1.165, 1.54) is 39.5 Å². The zero-order valence-corrected chi connectivity index (χ0v) is 26.0. The van der Waals surface area contributed by atoms with Crippen molar-refractivity contribution in [2.75, 3.05) is 21.3 Å². The molecule has 0 aliphatic carbocycles. The molecule has 0 unspecified atom stereocenters. The summed E-state index contributed by atoms with van der Waals surface area (Å²) in [6.45, 7) is 11.2. The number of ether oxygens (including phenoxy) is 3. The fourth-order valence-electron chi connectivity index (χ4n) is 4.23. The minimum absolute atomic E-state index is 0.0419. The van der Waals surface area contributed by atoms with Crippen molar-refractivity contribution in [2.24, 2.45) is 17.8 Å². The van der Waals surface area contributed by atoms with Crippen LogP contribution in [-0.2, 0) is 28.6 Å². The van der Waals surface area contributed by atoms with Crippen LogP contribution in [0.15, 0.2) is 18.2 Å². The number of hydrogen-bond acceptors (Lipinski definition) is 9. The van der Waals surface area contributed by atoms with E-state index in [9.17, 15) is 28.8 Å². The first kappa shape index (κ1) is 36.1. The molecule has 0 aliphatic rings. The maximum atomic E-state index is 13.3. The highest BCUT2D eigenvalue weighted by atomic mass is 16.5. The molecule has 0 saturated carbocycles. The smallest absolute Gasteiger partial charge is 0.328 e. The van der Waals surface area contributed by atoms with Crippen LogP contribution >= 0.6 is 0 Å². The lowest BCUT2D eigenvalue weighted by molar-refractivity contribution is -0.144. The Hall–Kier alpha value is -3.96. The Morgan fingerprint density at radius 1 is 0.500 bits per heavy atom. The normalized spacial score (nSPS) is 13.1. The highest BCUT2D eigenvalue weighted by molar-refractivity contribution is 6.06. The molecule has 1 aromatic rings. The molecular weight excluding hydrogens is 546 g/mol. The van der Waals surface area contributed by atoms with Gasteiger partial charge in [0.1, 0.15) is 18.1 Å². The lowest BCUT2D eigenvalue weighted by Crippen LogP contribution is -2.44. The Kier molecular flexibility index (Phi) is 14.7. The van der Waals surface area contributed by atoms with Gasteiger partial charge in [-0.25, -0.2) is 14.4 Å². The first-order valence-electron chi connectivity index (χ1n) is 13.9. The third-order valence-electron chi connectivity index (χ3n) is 6.21. The summed E-state index contributed by atoms with van der Waals surface area (Å²) in [4.78, 5) is 76.9. The van der Waals surface area contributed by atoms with Crippen molar-refractivity contribution in [1.82, 2.24) is 16.0 Å². The zero-order valence-electron chi connectivity index (χ0n) is 26.0. The third kappa shape index (κ3) is 11.5. The summed E-state index contributed by atoms with van der Waals surface area (Å²) >= 11 is 0. The number of benzene rings is 1. The average Bonchev–Trinajstić information content (AvgIpc) is 2.93. The first-order valence-corrected chi connectivity index (χ1v) is 13.9. The van der Waals surface area contributed by atoms with Crippen molar-refractivity contribution in [3.05, 3.63) is 34.9 Å². The van der Waals surface area contributed by atoms with Crippen molar-refractivity contribution in [1.29, 1.82) is 0 Å². The summed E-state index contributed by atoms with van der Waals surface area (Å²) in [7, 11) is 3.62. The van der Waals surface area contributed by atoms with Crippen molar-refractivity contribution in [3.63, 3.8) is 0 Å². The molecule has 0 aromatic heterocycles. The molecule has 1 aromatic carbocycles. The number of methoxy groups -OCH3 is 3. The van der Waals surface area contributed by atoms with Gasteiger partial charge >= 0.3 is 17.9 Å². The first-order chi connectivity index (χ1) is 19.6. The molecule has 0 aliphatic heterocycles. The summed E-state index contributed by atoms with van der Waals surface area (Å²) in [5.74, 6) is -4.00. The molecule has 12 heteroatoms. The Morgan fingerprint density at radius 3 is 0.881 bits per heavy atom. The summed E-state index contributed by atoms with van der Waals surface area (Å²) < 4.78 is 14.5. The Bertz CT molecular complexity index is 981. The standard InChI is InChI=1S/C30H45N3O9/c1-16(2)10-22(28(37)40-7)31-25(34)19-13-20(26(35)32-23(11-17(3)4)29(38)41-8)15-21(14-19)27(36)33-24(12-18(5)6)30(39)42-9/h13-18,22-24H,10-12H2,1-9H3,(H,31,34)(H,32,35)(H,33,36)/t22-,23-,24-/m0/s1. The lowest BCUT2D eigenvalue weighted by atomic mass is 9.99. The van der Waals surface area contributed by atoms with Crippen LogP contribution in [0.25, 0.3) is 0 Å². The van der Waals surface area contributed by atoms with E-state index in [4.69, 9.17) is 14.2 Å². The molecular formula is C30H45N3O9. The predicted octanol–water partition coefficient (Wildman–Crippen LogP) is 2.64. The predicted molar refractivity (Wildman–Crippen MR) is 155 cm³/mol. The molecule has 3 amide bonds. The molecule has 1 rings (SSSR count). The number of carbonyl (C=O) groups is 6. The molecule has 0 spiro atoms. The van der Waals surface area contributed by atoms with Gasteiger partial charge in [0.05, 0.1) is 21.3 Å². The average molecular weight is 592 g/mol. The molecule has 234 valence electrons. The minimum atomic E-state index is -0.971. The van der Waals surface area contributed by atoms with Gasteiger partial charge in [-0.1, -0.05) is 41.5 Å².